The number of benzene rings is 4. The third kappa shape index (κ3) is 10.2. The summed E-state index contributed by atoms with van der Waals surface area (Å²) in [5.41, 5.74) is 3.28. The summed E-state index contributed by atoms with van der Waals surface area (Å²) in [6, 6.07) is 15.6. The van der Waals surface area contributed by atoms with Gasteiger partial charge in [0, 0.05) is 31.0 Å². The Hall–Kier alpha value is -3.90. The predicted molar refractivity (Wildman–Crippen MR) is 215 cm³/mol. The average Bonchev–Trinajstić information content (AvgIpc) is 3.85. The van der Waals surface area contributed by atoms with Crippen molar-refractivity contribution in [2.45, 2.75) is 42.9 Å². The summed E-state index contributed by atoms with van der Waals surface area (Å²) in [6.45, 7) is 0.150. The zero-order valence-electron chi connectivity index (χ0n) is 34.3. The Morgan fingerprint density at radius 1 is 0.714 bits per heavy atom. The third-order valence-electron chi connectivity index (χ3n) is 10.7. The number of hydrogen-bond donors (Lipinski definition) is 2. The number of ether oxygens (including phenoxy) is 4. The number of amides is 2. The van der Waals surface area contributed by atoms with Crippen molar-refractivity contribution in [2.75, 3.05) is 38.1 Å². The Kier molecular flexibility index (Phi) is 15.8. The molecule has 4 atom stereocenters. The minimum absolute atomic E-state index is 0. The molecule has 63 heavy (non-hydrogen) atoms. The SMILES string of the molecule is COc1cc2c(cc1OCCCOc1cc3c(cc1OC)C(=O)N1C=C(c4ccc(F)cc4)C[C@H]1C(S(=O)(=O)[O-])N3)NC(OOO[S-])[C@@H]1CC(c3ccc(F)cc3)=CN1C2=O.[Na+].[Na+]. The molecule has 320 valence electrons. The van der Waals surface area contributed by atoms with Crippen molar-refractivity contribution < 1.29 is 124 Å². The normalized spacial score (nSPS) is 19.8. The summed E-state index contributed by atoms with van der Waals surface area (Å²) in [6.07, 6.45) is 2.81. The van der Waals surface area contributed by atoms with Crippen molar-refractivity contribution >= 4 is 57.4 Å². The first-order valence-electron chi connectivity index (χ1n) is 18.7. The van der Waals surface area contributed by atoms with Gasteiger partial charge in [-0.1, -0.05) is 29.3 Å². The molecule has 4 aromatic carbocycles. The van der Waals surface area contributed by atoms with Crippen LogP contribution in [0.4, 0.5) is 20.2 Å². The number of methoxy groups -OCH3 is 2. The van der Waals surface area contributed by atoms with E-state index in [1.54, 1.807) is 24.4 Å². The quantitative estimate of drug-likeness (QED) is 0.0421. The molecule has 2 amide bonds. The van der Waals surface area contributed by atoms with Crippen LogP contribution in [-0.2, 0) is 37.3 Å². The molecule has 2 unspecified atom stereocenters. The van der Waals surface area contributed by atoms with E-state index < -0.39 is 51.3 Å². The van der Waals surface area contributed by atoms with Gasteiger partial charge in [0.15, 0.2) is 29.2 Å². The van der Waals surface area contributed by atoms with Crippen LogP contribution in [0.5, 0.6) is 23.0 Å². The molecule has 8 rings (SSSR count). The molecular formula is C41H36F2N4Na2O12S2. The van der Waals surface area contributed by atoms with E-state index in [0.717, 1.165) is 11.1 Å². The standard InChI is InChI=1S/C41H38F2N4O12S2.2Na/c1-53-34-16-28-30(44-38(57-58-59-60)32-14-24(20-46(32)40(28)48)22-4-8-26(42)9-5-22)18-36(34)55-12-3-13-56-37-19-31-29(17-35(37)54-2)41(49)47-21-25(23-6-10-27(43)11-7-23)15-33(47)39(45-31)61(50,51)52;;/h4-11,16-21,32-33,38-39,44-45,60H,3,12-15H2,1-2H3,(H,50,51,52);;/q;2*+1/p-2/t32-,33-,38?,39?;;/m0../s1. The molecule has 0 fully saturated rings. The Bertz CT molecular complexity index is 2540. The number of fused-ring (bicyclic) bond motifs is 4. The molecule has 0 bridgehead atoms. The number of carbonyl (C=O) groups is 2. The van der Waals surface area contributed by atoms with Gasteiger partial charge in [-0.25, -0.2) is 17.2 Å². The Morgan fingerprint density at radius 2 is 1.17 bits per heavy atom. The largest absolute Gasteiger partial charge is 1.00 e. The molecule has 4 aliphatic rings. The first-order chi connectivity index (χ1) is 29.4. The Balaban J connectivity index is 0.00000330. The van der Waals surface area contributed by atoms with Crippen LogP contribution >= 0.6 is 0 Å². The Morgan fingerprint density at radius 3 is 1.63 bits per heavy atom. The number of anilines is 2. The van der Waals surface area contributed by atoms with Crippen LogP contribution in [0.25, 0.3) is 11.1 Å². The van der Waals surface area contributed by atoms with E-state index in [-0.39, 0.29) is 124 Å². The van der Waals surface area contributed by atoms with Crippen molar-refractivity contribution in [2.24, 2.45) is 0 Å². The van der Waals surface area contributed by atoms with Gasteiger partial charge in [-0.2, -0.15) is 4.89 Å². The number of halogens is 2. The monoisotopic (exact) mass is 924 g/mol. The minimum atomic E-state index is -5.01. The van der Waals surface area contributed by atoms with E-state index in [4.69, 9.17) is 23.8 Å². The second kappa shape index (κ2) is 20.5. The molecule has 4 heterocycles. The van der Waals surface area contributed by atoms with Gasteiger partial charge < -0.3 is 61.2 Å². The van der Waals surface area contributed by atoms with Crippen LogP contribution in [0.3, 0.4) is 0 Å². The van der Waals surface area contributed by atoms with Gasteiger partial charge in [0.2, 0.25) is 0 Å². The van der Waals surface area contributed by atoms with Crippen LogP contribution in [0.1, 0.15) is 51.1 Å². The van der Waals surface area contributed by atoms with E-state index in [1.165, 1.54) is 84.8 Å². The molecule has 2 N–H and O–H groups in total. The maximum Gasteiger partial charge on any atom is 1.00 e. The Labute approximate surface area is 410 Å². The fourth-order valence-corrected chi connectivity index (χ4v) is 8.70. The van der Waals surface area contributed by atoms with Crippen LogP contribution < -0.4 is 88.7 Å². The van der Waals surface area contributed by atoms with Gasteiger partial charge in [0.05, 0.1) is 62.0 Å². The molecule has 0 aliphatic carbocycles. The first kappa shape index (κ1) is 48.6. The van der Waals surface area contributed by atoms with Gasteiger partial charge in [-0.3, -0.25) is 9.59 Å². The first-order valence-corrected chi connectivity index (χ1v) is 20.5. The van der Waals surface area contributed by atoms with Crippen molar-refractivity contribution in [1.29, 1.82) is 0 Å². The number of rotatable bonds is 14. The maximum atomic E-state index is 14.0. The van der Waals surface area contributed by atoms with Crippen LogP contribution in [0, 0.1) is 11.6 Å². The van der Waals surface area contributed by atoms with Gasteiger partial charge >= 0.3 is 59.1 Å². The van der Waals surface area contributed by atoms with Gasteiger partial charge in [-0.15, -0.1) is 0 Å². The zero-order valence-corrected chi connectivity index (χ0v) is 39.9. The van der Waals surface area contributed by atoms with Crippen molar-refractivity contribution in [3.63, 3.8) is 0 Å². The maximum absolute atomic E-state index is 14.0. The molecule has 0 spiro atoms. The molecule has 0 aromatic heterocycles. The fraction of sp³-hybridized carbons (Fsp3) is 0.268. The van der Waals surface area contributed by atoms with E-state index in [2.05, 4.69) is 32.9 Å². The predicted octanol–water partition coefficient (Wildman–Crippen LogP) is -0.261. The second-order valence-corrected chi connectivity index (χ2v) is 15.9. The average molecular weight is 925 g/mol. The van der Waals surface area contributed by atoms with Crippen molar-refractivity contribution in [3.05, 3.63) is 119 Å². The minimum Gasteiger partial charge on any atom is -0.746 e. The van der Waals surface area contributed by atoms with Crippen LogP contribution in [-0.4, -0.2) is 85.7 Å². The van der Waals surface area contributed by atoms with Gasteiger partial charge in [0.25, 0.3) is 11.8 Å². The topological polar surface area (TPSA) is 186 Å². The molecule has 4 aromatic rings. The number of hydrogen-bond acceptors (Lipinski definition) is 15. The summed E-state index contributed by atoms with van der Waals surface area (Å²) in [7, 11) is -2.21. The molecule has 16 nitrogen and oxygen atoms in total. The molecule has 0 radical (unpaired) electrons. The summed E-state index contributed by atoms with van der Waals surface area (Å²) < 4.78 is 92.6. The van der Waals surface area contributed by atoms with Gasteiger partial charge in [-0.05, 0) is 71.5 Å². The summed E-state index contributed by atoms with van der Waals surface area (Å²) in [5.74, 6) is -0.957. The number of nitrogens with zero attached hydrogens (tertiary/aromatic N) is 2. The smallest absolute Gasteiger partial charge is 0.746 e. The molecule has 0 saturated heterocycles. The van der Waals surface area contributed by atoms with E-state index in [0.29, 0.717) is 29.7 Å². The van der Waals surface area contributed by atoms with Crippen molar-refractivity contribution in [3.8, 4) is 23.0 Å². The molecule has 4 aliphatic heterocycles. The zero-order chi connectivity index (χ0) is 43.0. The molecular weight excluding hydrogens is 889 g/mol. The molecule has 22 heteroatoms. The van der Waals surface area contributed by atoms with Crippen LogP contribution in [0.2, 0.25) is 0 Å². The third-order valence-corrected chi connectivity index (χ3v) is 11.8. The van der Waals surface area contributed by atoms with Crippen LogP contribution in [0.15, 0.2) is 85.2 Å². The second-order valence-electron chi connectivity index (χ2n) is 14.3. The summed E-state index contributed by atoms with van der Waals surface area (Å²) in [5, 5.41) is 8.87. The number of carbonyl (C=O) groups excluding carboxylic acids is 2. The van der Waals surface area contributed by atoms with E-state index in [1.807, 2.05) is 0 Å². The fourth-order valence-electron chi connectivity index (χ4n) is 7.79. The number of nitrogens with one attached hydrogen (secondary N) is 2. The van der Waals surface area contributed by atoms with E-state index >= 15 is 0 Å². The van der Waals surface area contributed by atoms with Crippen molar-refractivity contribution in [1.82, 2.24) is 9.80 Å². The summed E-state index contributed by atoms with van der Waals surface area (Å²) in [4.78, 5) is 36.0. The van der Waals surface area contributed by atoms with E-state index in [9.17, 15) is 31.3 Å². The summed E-state index contributed by atoms with van der Waals surface area (Å²) >= 11 is 4.43. The molecule has 0 saturated carbocycles. The van der Waals surface area contributed by atoms with Gasteiger partial charge in [0.1, 0.15) is 27.1 Å².